The topological polar surface area (TPSA) is 25.2 Å². The number of halogens is 1. The van der Waals surface area contributed by atoms with Crippen LogP contribution >= 0.6 is 22.9 Å². The number of hydrogen-bond donors (Lipinski definition) is 1. The molecule has 4 heteroatoms. The van der Waals surface area contributed by atoms with Crippen molar-refractivity contribution in [3.05, 3.63) is 45.0 Å². The lowest BCUT2D eigenvalue weighted by atomic mass is 10.1. The van der Waals surface area contributed by atoms with Crippen LogP contribution in [-0.2, 0) is 6.42 Å². The van der Waals surface area contributed by atoms with Crippen LogP contribution in [0.3, 0.4) is 0 Å². The summed E-state index contributed by atoms with van der Waals surface area (Å²) in [6, 6.07) is 6.28. The third-order valence-electron chi connectivity index (χ3n) is 2.89. The molecule has 1 N–H and O–H groups in total. The number of hydrogen-bond acceptors (Lipinski definition) is 3. The molecule has 2 aromatic rings. The number of nitrogens with one attached hydrogen (secondary N) is 1. The lowest BCUT2D eigenvalue weighted by molar-refractivity contribution is 0.409. The molecule has 2 rings (SSSR count). The highest BCUT2D eigenvalue weighted by atomic mass is 35.5. The minimum Gasteiger partial charge on any atom is -0.467 e. The van der Waals surface area contributed by atoms with Crippen LogP contribution in [0, 0.1) is 6.92 Å². The molecule has 0 aliphatic rings. The van der Waals surface area contributed by atoms with E-state index in [1.807, 2.05) is 12.1 Å². The van der Waals surface area contributed by atoms with E-state index in [-0.39, 0.29) is 6.04 Å². The molecule has 0 bridgehead atoms. The molecule has 0 saturated carbocycles. The first kappa shape index (κ1) is 13.7. The zero-order valence-corrected chi connectivity index (χ0v) is 12.3. The molecule has 98 valence electrons. The van der Waals surface area contributed by atoms with Gasteiger partial charge in [0.05, 0.1) is 16.6 Å². The molecular formula is C14H18ClNOS. The Bertz CT molecular complexity index is 491. The Hall–Kier alpha value is -0.770. The van der Waals surface area contributed by atoms with Crippen molar-refractivity contribution in [2.45, 2.75) is 32.7 Å². The summed E-state index contributed by atoms with van der Waals surface area (Å²) in [6.45, 7) is 5.24. The summed E-state index contributed by atoms with van der Waals surface area (Å²) in [5.41, 5.74) is 1.20. The molecule has 2 heterocycles. The Balaban J connectivity index is 2.12. The highest BCUT2D eigenvalue weighted by Crippen LogP contribution is 2.28. The Kier molecular flexibility index (Phi) is 4.87. The molecule has 0 amide bonds. The molecule has 0 spiro atoms. The van der Waals surface area contributed by atoms with E-state index >= 15 is 0 Å². The molecule has 2 nitrogen and oxygen atoms in total. The zero-order chi connectivity index (χ0) is 13.0. The number of aryl methyl sites for hydroxylation is 1. The number of thiophene rings is 1. The maximum absolute atomic E-state index is 5.98. The minimum atomic E-state index is 0.231. The highest BCUT2D eigenvalue weighted by molar-refractivity contribution is 7.16. The predicted octanol–water partition coefficient (Wildman–Crippen LogP) is 4.59. The van der Waals surface area contributed by atoms with Crippen LogP contribution in [0.2, 0.25) is 4.34 Å². The molecule has 18 heavy (non-hydrogen) atoms. The Labute approximate surface area is 117 Å². The number of rotatable bonds is 6. The quantitative estimate of drug-likeness (QED) is 0.839. The van der Waals surface area contributed by atoms with Gasteiger partial charge in [-0.25, -0.2) is 0 Å². The predicted molar refractivity (Wildman–Crippen MR) is 77.5 cm³/mol. The summed E-state index contributed by atoms with van der Waals surface area (Å²) in [6.07, 6.45) is 3.79. The summed E-state index contributed by atoms with van der Waals surface area (Å²) in [5, 5.41) is 3.54. The van der Waals surface area contributed by atoms with Gasteiger partial charge in [0, 0.05) is 11.3 Å². The van der Waals surface area contributed by atoms with Gasteiger partial charge in [-0.2, -0.15) is 0 Å². The van der Waals surface area contributed by atoms with Crippen molar-refractivity contribution < 1.29 is 4.42 Å². The second-order valence-corrected chi connectivity index (χ2v) is 6.18. The summed E-state index contributed by atoms with van der Waals surface area (Å²) in [5.74, 6) is 1.04. The second-order valence-electron chi connectivity index (χ2n) is 4.38. The molecule has 0 aliphatic heterocycles. The first-order valence-corrected chi connectivity index (χ1v) is 7.41. The molecule has 0 saturated heterocycles. The second kappa shape index (κ2) is 6.41. The fourth-order valence-electron chi connectivity index (χ4n) is 1.98. The molecule has 0 radical (unpaired) electrons. The maximum Gasteiger partial charge on any atom is 0.123 e. The summed E-state index contributed by atoms with van der Waals surface area (Å²) in [7, 11) is 0. The molecule has 0 aromatic carbocycles. The highest BCUT2D eigenvalue weighted by Gasteiger charge is 2.17. The van der Waals surface area contributed by atoms with Gasteiger partial charge in [0.2, 0.25) is 0 Å². The molecule has 0 aliphatic carbocycles. The molecule has 1 atom stereocenters. The van der Waals surface area contributed by atoms with E-state index in [2.05, 4.69) is 25.2 Å². The van der Waals surface area contributed by atoms with Crippen LogP contribution in [-0.4, -0.2) is 6.54 Å². The van der Waals surface area contributed by atoms with E-state index in [0.29, 0.717) is 0 Å². The smallest absolute Gasteiger partial charge is 0.123 e. The first-order valence-electron chi connectivity index (χ1n) is 6.22. The molecular weight excluding hydrogens is 266 g/mol. The van der Waals surface area contributed by atoms with Gasteiger partial charge < -0.3 is 9.73 Å². The minimum absolute atomic E-state index is 0.231. The van der Waals surface area contributed by atoms with Gasteiger partial charge in [-0.3, -0.25) is 0 Å². The average molecular weight is 284 g/mol. The van der Waals surface area contributed by atoms with Crippen molar-refractivity contribution in [3.8, 4) is 0 Å². The van der Waals surface area contributed by atoms with Gasteiger partial charge in [-0.15, -0.1) is 11.3 Å². The van der Waals surface area contributed by atoms with Gasteiger partial charge in [0.1, 0.15) is 5.76 Å². The van der Waals surface area contributed by atoms with Crippen molar-refractivity contribution >= 4 is 22.9 Å². The van der Waals surface area contributed by atoms with Crippen molar-refractivity contribution in [1.29, 1.82) is 0 Å². The Morgan fingerprint density at radius 2 is 2.22 bits per heavy atom. The summed E-state index contributed by atoms with van der Waals surface area (Å²) in [4.78, 5) is 1.28. The van der Waals surface area contributed by atoms with Crippen LogP contribution in [0.5, 0.6) is 0 Å². The fourth-order valence-corrected chi connectivity index (χ4v) is 3.11. The van der Waals surface area contributed by atoms with Crippen molar-refractivity contribution in [3.63, 3.8) is 0 Å². The van der Waals surface area contributed by atoms with Gasteiger partial charge >= 0.3 is 0 Å². The maximum atomic E-state index is 5.98. The Morgan fingerprint density at radius 1 is 1.39 bits per heavy atom. The normalized spacial score (nSPS) is 12.8. The van der Waals surface area contributed by atoms with Crippen LogP contribution < -0.4 is 5.32 Å². The largest absolute Gasteiger partial charge is 0.467 e. The molecule has 0 fully saturated rings. The molecule has 2 aromatic heterocycles. The van der Waals surface area contributed by atoms with E-state index in [4.69, 9.17) is 16.0 Å². The zero-order valence-electron chi connectivity index (χ0n) is 10.7. The summed E-state index contributed by atoms with van der Waals surface area (Å²) < 4.78 is 6.45. The van der Waals surface area contributed by atoms with Crippen molar-refractivity contribution in [1.82, 2.24) is 5.32 Å². The lowest BCUT2D eigenvalue weighted by Crippen LogP contribution is -2.24. The number of furan rings is 1. The molecule has 1 unspecified atom stereocenters. The Morgan fingerprint density at radius 3 is 2.78 bits per heavy atom. The lowest BCUT2D eigenvalue weighted by Gasteiger charge is -2.16. The van der Waals surface area contributed by atoms with Crippen LogP contribution in [0.25, 0.3) is 0 Å². The monoisotopic (exact) mass is 283 g/mol. The first-order chi connectivity index (χ1) is 8.70. The fraction of sp³-hybridized carbons (Fsp3) is 0.429. The van der Waals surface area contributed by atoms with E-state index < -0.39 is 0 Å². The third-order valence-corrected chi connectivity index (χ3v) is 4.15. The van der Waals surface area contributed by atoms with Gasteiger partial charge in [0.25, 0.3) is 0 Å². The van der Waals surface area contributed by atoms with Crippen LogP contribution in [0.15, 0.2) is 28.9 Å². The standard InChI is InChI=1S/C14H18ClNOS/c1-3-7-16-12(14-10(2)6-8-17-14)9-11-4-5-13(15)18-11/h4-6,8,12,16H,3,7,9H2,1-2H3. The van der Waals surface area contributed by atoms with Gasteiger partial charge in [0.15, 0.2) is 0 Å². The third kappa shape index (κ3) is 3.37. The van der Waals surface area contributed by atoms with Crippen molar-refractivity contribution in [2.24, 2.45) is 0 Å². The van der Waals surface area contributed by atoms with Crippen LogP contribution in [0.4, 0.5) is 0 Å². The van der Waals surface area contributed by atoms with Crippen molar-refractivity contribution in [2.75, 3.05) is 6.54 Å². The van der Waals surface area contributed by atoms with E-state index in [9.17, 15) is 0 Å². The van der Waals surface area contributed by atoms with Crippen LogP contribution in [0.1, 0.15) is 35.6 Å². The van der Waals surface area contributed by atoms with E-state index in [1.54, 1.807) is 17.6 Å². The van der Waals surface area contributed by atoms with E-state index in [1.165, 1.54) is 10.4 Å². The van der Waals surface area contributed by atoms with E-state index in [0.717, 1.165) is 29.5 Å². The SMILES string of the molecule is CCCNC(Cc1ccc(Cl)s1)c1occc1C. The van der Waals surface area contributed by atoms with Gasteiger partial charge in [-0.05, 0) is 43.7 Å². The summed E-state index contributed by atoms with van der Waals surface area (Å²) >= 11 is 7.62. The average Bonchev–Trinajstić information content (AvgIpc) is 2.93. The van der Waals surface area contributed by atoms with Gasteiger partial charge in [-0.1, -0.05) is 18.5 Å².